The topological polar surface area (TPSA) is 35.9 Å². The molecule has 0 aliphatic heterocycles. The van der Waals surface area contributed by atoms with Crippen molar-refractivity contribution in [2.24, 2.45) is 5.10 Å². The van der Waals surface area contributed by atoms with Gasteiger partial charge in [0.2, 0.25) is 5.91 Å². The average molecular weight is 285 g/mol. The van der Waals surface area contributed by atoms with E-state index in [0.717, 1.165) is 16.9 Å². The molecule has 0 bridgehead atoms. The summed E-state index contributed by atoms with van der Waals surface area (Å²) in [5.74, 6) is 0.0257. The van der Waals surface area contributed by atoms with E-state index in [9.17, 15) is 4.79 Å². The molecule has 1 rings (SSSR count). The minimum Gasteiger partial charge on any atom is -0.316 e. The monoisotopic (exact) mass is 285 g/mol. The van der Waals surface area contributed by atoms with E-state index in [0.29, 0.717) is 12.1 Å². The Hall–Kier alpha value is -2.36. The van der Waals surface area contributed by atoms with E-state index in [-0.39, 0.29) is 5.91 Å². The third-order valence-electron chi connectivity index (χ3n) is 3.20. The van der Waals surface area contributed by atoms with Gasteiger partial charge < -0.3 is 4.90 Å². The Balaban J connectivity index is 3.00. The molecule has 0 aliphatic carbocycles. The molecule has 0 N–H and O–H groups in total. The second-order valence-electron chi connectivity index (χ2n) is 4.88. The number of anilines is 1. The number of rotatable bonds is 6. The van der Waals surface area contributed by atoms with Crippen LogP contribution in [-0.4, -0.2) is 24.6 Å². The zero-order valence-electron chi connectivity index (χ0n) is 13.3. The van der Waals surface area contributed by atoms with E-state index in [1.807, 2.05) is 51.1 Å². The molecule has 0 heterocycles. The first kappa shape index (κ1) is 16.7. The predicted molar refractivity (Wildman–Crippen MR) is 89.2 cm³/mol. The number of carbonyl (C=O) groups is 1. The minimum atomic E-state index is 0.0257. The molecule has 0 atom stereocenters. The van der Waals surface area contributed by atoms with Crippen molar-refractivity contribution in [2.45, 2.75) is 27.2 Å². The van der Waals surface area contributed by atoms with Crippen molar-refractivity contribution in [1.29, 1.82) is 0 Å². The van der Waals surface area contributed by atoms with Crippen molar-refractivity contribution < 1.29 is 4.79 Å². The maximum absolute atomic E-state index is 11.7. The summed E-state index contributed by atoms with van der Waals surface area (Å²) in [6.45, 7) is 13.3. The molecule has 0 unspecified atom stereocenters. The largest absolute Gasteiger partial charge is 0.316 e. The van der Waals surface area contributed by atoms with Crippen LogP contribution >= 0.6 is 0 Å². The maximum atomic E-state index is 11.7. The summed E-state index contributed by atoms with van der Waals surface area (Å²) in [5.41, 5.74) is 3.54. The normalized spacial score (nSPS) is 11.0. The van der Waals surface area contributed by atoms with Gasteiger partial charge in [-0.1, -0.05) is 25.6 Å². The van der Waals surface area contributed by atoms with E-state index in [4.69, 9.17) is 0 Å². The molecule has 0 spiro atoms. The van der Waals surface area contributed by atoms with E-state index in [1.165, 1.54) is 0 Å². The maximum Gasteiger partial charge on any atom is 0.226 e. The lowest BCUT2D eigenvalue weighted by atomic mass is 10.2. The lowest BCUT2D eigenvalue weighted by Gasteiger charge is -2.22. The molecule has 21 heavy (non-hydrogen) atoms. The number of likely N-dealkylation sites (N-methyl/N-ethyl adjacent to an activating group) is 1. The van der Waals surface area contributed by atoms with Crippen molar-refractivity contribution in [1.82, 2.24) is 4.90 Å². The minimum absolute atomic E-state index is 0.0257. The fraction of sp³-hybridized carbons (Fsp3) is 0.294. The summed E-state index contributed by atoms with van der Waals surface area (Å²) in [4.78, 5) is 13.2. The van der Waals surface area contributed by atoms with Gasteiger partial charge in [-0.3, -0.25) is 4.79 Å². The summed E-state index contributed by atoms with van der Waals surface area (Å²) >= 11 is 0. The number of hydrogen-bond donors (Lipinski definition) is 0. The number of benzene rings is 1. The van der Waals surface area contributed by atoms with Crippen molar-refractivity contribution >= 4 is 18.3 Å². The van der Waals surface area contributed by atoms with Crippen molar-refractivity contribution in [3.05, 3.63) is 53.9 Å². The molecule has 112 valence electrons. The van der Waals surface area contributed by atoms with Gasteiger partial charge in [-0.2, -0.15) is 5.10 Å². The number of carbonyl (C=O) groups excluding carboxylic acids is 1. The third-order valence-corrected chi connectivity index (χ3v) is 3.20. The first-order chi connectivity index (χ1) is 9.90. The molecule has 0 aromatic heterocycles. The smallest absolute Gasteiger partial charge is 0.226 e. The molecule has 1 aromatic rings. The summed E-state index contributed by atoms with van der Waals surface area (Å²) < 4.78 is 0. The lowest BCUT2D eigenvalue weighted by Crippen LogP contribution is -2.24. The second kappa shape index (κ2) is 7.43. The number of hydrazone groups is 1. The number of hydrogen-bond acceptors (Lipinski definition) is 3. The summed E-state index contributed by atoms with van der Waals surface area (Å²) in [6, 6.07) is 7.98. The zero-order valence-corrected chi connectivity index (χ0v) is 13.3. The van der Waals surface area contributed by atoms with Crippen LogP contribution in [-0.2, 0) is 4.79 Å². The highest BCUT2D eigenvalue weighted by atomic mass is 16.2. The van der Waals surface area contributed by atoms with E-state index >= 15 is 0 Å². The van der Waals surface area contributed by atoms with Crippen LogP contribution < -0.4 is 5.01 Å². The summed E-state index contributed by atoms with van der Waals surface area (Å²) in [7, 11) is 1.72. The zero-order chi connectivity index (χ0) is 16.0. The highest BCUT2D eigenvalue weighted by Crippen LogP contribution is 2.21. The molecule has 4 heteroatoms. The van der Waals surface area contributed by atoms with Crippen LogP contribution in [0, 0.1) is 6.92 Å². The SMILES string of the molecule is C=NN(/C(C)=C/C(=C)N(C)C(=O)CC)c1cccc(C)c1. The van der Waals surface area contributed by atoms with E-state index in [2.05, 4.69) is 18.4 Å². The van der Waals surface area contributed by atoms with E-state index < -0.39 is 0 Å². The van der Waals surface area contributed by atoms with Crippen LogP contribution in [0.4, 0.5) is 5.69 Å². The number of allylic oxidation sites excluding steroid dienone is 2. The Kier molecular flexibility index (Phi) is 5.91. The van der Waals surface area contributed by atoms with Crippen molar-refractivity contribution in [3.63, 3.8) is 0 Å². The molecule has 0 saturated heterocycles. The first-order valence-corrected chi connectivity index (χ1v) is 6.87. The van der Waals surface area contributed by atoms with Crippen LogP contribution in [0.2, 0.25) is 0 Å². The third kappa shape index (κ3) is 4.31. The molecule has 0 radical (unpaired) electrons. The highest BCUT2D eigenvalue weighted by molar-refractivity contribution is 5.77. The van der Waals surface area contributed by atoms with Gasteiger partial charge in [0.1, 0.15) is 0 Å². The van der Waals surface area contributed by atoms with Crippen LogP contribution in [0.3, 0.4) is 0 Å². The van der Waals surface area contributed by atoms with Crippen molar-refractivity contribution in [2.75, 3.05) is 12.1 Å². The molecule has 0 fully saturated rings. The van der Waals surface area contributed by atoms with Crippen LogP contribution in [0.5, 0.6) is 0 Å². The highest BCUT2D eigenvalue weighted by Gasteiger charge is 2.11. The molecule has 1 amide bonds. The van der Waals surface area contributed by atoms with Crippen LogP contribution in [0.1, 0.15) is 25.8 Å². The Labute approximate surface area is 127 Å². The Morgan fingerprint density at radius 1 is 1.43 bits per heavy atom. The van der Waals surface area contributed by atoms with E-state index in [1.54, 1.807) is 17.0 Å². The van der Waals surface area contributed by atoms with Gasteiger partial charge in [0.25, 0.3) is 0 Å². The predicted octanol–water partition coefficient (Wildman–Crippen LogP) is 3.70. The summed E-state index contributed by atoms with van der Waals surface area (Å²) in [5, 5.41) is 5.77. The Bertz CT molecular complexity index is 575. The number of amides is 1. The molecule has 4 nitrogen and oxygen atoms in total. The number of nitrogens with zero attached hydrogens (tertiary/aromatic N) is 3. The van der Waals surface area contributed by atoms with Crippen LogP contribution in [0.15, 0.2) is 53.4 Å². The number of aryl methyl sites for hydroxylation is 1. The van der Waals surface area contributed by atoms with Gasteiger partial charge in [0, 0.05) is 31.6 Å². The standard InChI is InChI=1S/C17H23N3O/c1-7-17(21)19(6)14(3)12-15(4)20(18-5)16-10-8-9-13(2)11-16/h8-12H,3,5,7H2,1-2,4,6H3/b15-12+. The fourth-order valence-electron chi connectivity index (χ4n) is 1.95. The summed E-state index contributed by atoms with van der Waals surface area (Å²) in [6.07, 6.45) is 2.27. The molecule has 1 aromatic carbocycles. The quantitative estimate of drug-likeness (QED) is 0.454. The molecular weight excluding hydrogens is 262 g/mol. The lowest BCUT2D eigenvalue weighted by molar-refractivity contribution is -0.127. The Morgan fingerprint density at radius 3 is 2.62 bits per heavy atom. The Morgan fingerprint density at radius 2 is 2.10 bits per heavy atom. The average Bonchev–Trinajstić information content (AvgIpc) is 2.46. The molecule has 0 aliphatic rings. The van der Waals surface area contributed by atoms with Crippen molar-refractivity contribution in [3.8, 4) is 0 Å². The molecular formula is C17H23N3O. The van der Waals surface area contributed by atoms with Gasteiger partial charge in [0.05, 0.1) is 5.69 Å². The van der Waals surface area contributed by atoms with Gasteiger partial charge >= 0.3 is 0 Å². The van der Waals surface area contributed by atoms with Crippen LogP contribution in [0.25, 0.3) is 0 Å². The van der Waals surface area contributed by atoms with Gasteiger partial charge in [-0.05, 0) is 37.6 Å². The van der Waals surface area contributed by atoms with Gasteiger partial charge in [-0.25, -0.2) is 5.01 Å². The van der Waals surface area contributed by atoms with Gasteiger partial charge in [-0.15, -0.1) is 0 Å². The first-order valence-electron chi connectivity index (χ1n) is 6.87. The molecule has 0 saturated carbocycles. The fourth-order valence-corrected chi connectivity index (χ4v) is 1.95. The second-order valence-corrected chi connectivity index (χ2v) is 4.88. The van der Waals surface area contributed by atoms with Gasteiger partial charge in [0.15, 0.2) is 0 Å².